The summed E-state index contributed by atoms with van der Waals surface area (Å²) in [6.45, 7) is 5.06. The van der Waals surface area contributed by atoms with Crippen LogP contribution in [0.15, 0.2) is 27.6 Å². The van der Waals surface area contributed by atoms with E-state index >= 15 is 0 Å². The van der Waals surface area contributed by atoms with Gasteiger partial charge in [-0.25, -0.2) is 8.42 Å². The van der Waals surface area contributed by atoms with Crippen LogP contribution >= 0.6 is 15.9 Å². The van der Waals surface area contributed by atoms with Crippen molar-refractivity contribution in [2.24, 2.45) is 5.92 Å². The van der Waals surface area contributed by atoms with Gasteiger partial charge in [-0.15, -0.1) is 0 Å². The number of aryl methyl sites for hydroxylation is 1. The third kappa shape index (κ3) is 4.02. The molecule has 0 fully saturated rings. The van der Waals surface area contributed by atoms with Crippen LogP contribution in [-0.4, -0.2) is 25.5 Å². The zero-order chi connectivity index (χ0) is 14.8. The van der Waals surface area contributed by atoms with Gasteiger partial charge >= 0.3 is 5.97 Å². The molecule has 0 saturated carbocycles. The van der Waals surface area contributed by atoms with Crippen molar-refractivity contribution in [2.45, 2.75) is 31.7 Å². The Morgan fingerprint density at radius 1 is 1.37 bits per heavy atom. The van der Waals surface area contributed by atoms with Crippen LogP contribution < -0.4 is 4.72 Å². The molecule has 19 heavy (non-hydrogen) atoms. The van der Waals surface area contributed by atoms with Crippen LogP contribution in [0.2, 0.25) is 0 Å². The van der Waals surface area contributed by atoms with Crippen molar-refractivity contribution >= 4 is 31.9 Å². The van der Waals surface area contributed by atoms with E-state index in [9.17, 15) is 13.2 Å². The molecule has 5 nitrogen and oxygen atoms in total. The second kappa shape index (κ2) is 6.02. The molecule has 0 saturated heterocycles. The molecule has 0 aliphatic heterocycles. The van der Waals surface area contributed by atoms with E-state index in [0.717, 1.165) is 5.56 Å². The number of sulfonamides is 1. The van der Waals surface area contributed by atoms with Gasteiger partial charge < -0.3 is 5.11 Å². The number of nitrogens with one attached hydrogen (secondary N) is 1. The zero-order valence-electron chi connectivity index (χ0n) is 10.8. The summed E-state index contributed by atoms with van der Waals surface area (Å²) in [6.07, 6.45) is 0. The number of hydrogen-bond donors (Lipinski definition) is 2. The Kier molecular flexibility index (Phi) is 5.11. The van der Waals surface area contributed by atoms with Crippen LogP contribution in [0.25, 0.3) is 0 Å². The van der Waals surface area contributed by atoms with Gasteiger partial charge in [0.1, 0.15) is 6.04 Å². The largest absolute Gasteiger partial charge is 0.480 e. The predicted molar refractivity (Wildman–Crippen MR) is 75.5 cm³/mol. The molecule has 0 aromatic heterocycles. The Labute approximate surface area is 121 Å². The van der Waals surface area contributed by atoms with E-state index in [-0.39, 0.29) is 10.8 Å². The molecular weight excluding hydrogens is 334 g/mol. The Morgan fingerprint density at radius 3 is 2.42 bits per heavy atom. The second-order valence-electron chi connectivity index (χ2n) is 4.62. The molecule has 0 aliphatic rings. The molecule has 0 unspecified atom stereocenters. The Morgan fingerprint density at radius 2 is 1.95 bits per heavy atom. The normalized spacial score (nSPS) is 13.5. The first-order chi connectivity index (χ1) is 8.65. The van der Waals surface area contributed by atoms with E-state index in [1.165, 1.54) is 6.07 Å². The minimum atomic E-state index is -3.88. The summed E-state index contributed by atoms with van der Waals surface area (Å²) in [5, 5.41) is 9.04. The lowest BCUT2D eigenvalue weighted by Crippen LogP contribution is -2.44. The smallest absolute Gasteiger partial charge is 0.322 e. The summed E-state index contributed by atoms with van der Waals surface area (Å²) >= 11 is 3.16. The van der Waals surface area contributed by atoms with Crippen LogP contribution in [0.1, 0.15) is 19.4 Å². The van der Waals surface area contributed by atoms with E-state index < -0.39 is 22.0 Å². The summed E-state index contributed by atoms with van der Waals surface area (Å²) in [4.78, 5) is 11.1. The van der Waals surface area contributed by atoms with E-state index in [1.807, 2.05) is 0 Å². The molecule has 1 atom stereocenters. The number of hydrogen-bond acceptors (Lipinski definition) is 3. The third-order valence-corrected chi connectivity index (χ3v) is 5.03. The van der Waals surface area contributed by atoms with Crippen molar-refractivity contribution < 1.29 is 18.3 Å². The van der Waals surface area contributed by atoms with Crippen LogP contribution in [0.3, 0.4) is 0 Å². The van der Waals surface area contributed by atoms with Crippen LogP contribution in [0.5, 0.6) is 0 Å². The average molecular weight is 350 g/mol. The highest BCUT2D eigenvalue weighted by Crippen LogP contribution is 2.23. The predicted octanol–water partition coefficient (Wildman–Crippen LogP) is 2.15. The molecule has 1 aromatic rings. The number of aliphatic carboxylic acids is 1. The van der Waals surface area contributed by atoms with Gasteiger partial charge in [0.2, 0.25) is 10.0 Å². The van der Waals surface area contributed by atoms with Gasteiger partial charge in [0.25, 0.3) is 0 Å². The Balaban J connectivity index is 3.17. The monoisotopic (exact) mass is 349 g/mol. The summed E-state index contributed by atoms with van der Waals surface area (Å²) in [6, 6.07) is 3.72. The molecule has 0 radical (unpaired) electrons. The number of halogens is 1. The van der Waals surface area contributed by atoms with Gasteiger partial charge in [-0.05, 0) is 46.5 Å². The molecule has 0 heterocycles. The molecule has 1 rings (SSSR count). The molecule has 0 spiro atoms. The lowest BCUT2D eigenvalue weighted by Gasteiger charge is -2.18. The minimum absolute atomic E-state index is 0.0411. The first-order valence-electron chi connectivity index (χ1n) is 5.66. The maximum Gasteiger partial charge on any atom is 0.322 e. The molecule has 1 aromatic carbocycles. The Bertz CT molecular complexity index is 583. The van der Waals surface area contributed by atoms with E-state index in [1.54, 1.807) is 32.9 Å². The minimum Gasteiger partial charge on any atom is -0.480 e. The molecular formula is C12H16BrNO4S. The highest BCUT2D eigenvalue weighted by atomic mass is 79.9. The van der Waals surface area contributed by atoms with E-state index in [4.69, 9.17) is 5.11 Å². The number of carbonyl (C=O) groups is 1. The number of rotatable bonds is 5. The fraction of sp³-hybridized carbons (Fsp3) is 0.417. The third-order valence-electron chi connectivity index (χ3n) is 2.59. The van der Waals surface area contributed by atoms with Crippen molar-refractivity contribution in [3.8, 4) is 0 Å². The van der Waals surface area contributed by atoms with Crippen molar-refractivity contribution in [3.63, 3.8) is 0 Å². The Hall–Kier alpha value is -0.920. The number of benzene rings is 1. The van der Waals surface area contributed by atoms with Crippen molar-refractivity contribution in [2.75, 3.05) is 0 Å². The van der Waals surface area contributed by atoms with Gasteiger partial charge in [0.05, 0.1) is 4.90 Å². The highest BCUT2D eigenvalue weighted by Gasteiger charge is 2.29. The fourth-order valence-electron chi connectivity index (χ4n) is 1.52. The average Bonchev–Trinajstić information content (AvgIpc) is 2.28. The summed E-state index contributed by atoms with van der Waals surface area (Å²) in [5.74, 6) is -1.54. The molecule has 7 heteroatoms. The zero-order valence-corrected chi connectivity index (χ0v) is 13.2. The lowest BCUT2D eigenvalue weighted by atomic mass is 10.1. The van der Waals surface area contributed by atoms with Gasteiger partial charge in [0.15, 0.2) is 0 Å². The lowest BCUT2D eigenvalue weighted by molar-refractivity contribution is -0.140. The van der Waals surface area contributed by atoms with Crippen molar-refractivity contribution in [3.05, 3.63) is 28.2 Å². The van der Waals surface area contributed by atoms with Crippen LogP contribution in [-0.2, 0) is 14.8 Å². The quantitative estimate of drug-likeness (QED) is 0.852. The topological polar surface area (TPSA) is 83.5 Å². The SMILES string of the molecule is Cc1ccc(Br)c(S(=O)(=O)N[C@H](C(=O)O)C(C)C)c1. The van der Waals surface area contributed by atoms with Gasteiger partial charge in [-0.3, -0.25) is 4.79 Å². The fourth-order valence-corrected chi connectivity index (χ4v) is 3.90. The van der Waals surface area contributed by atoms with Gasteiger partial charge in [-0.1, -0.05) is 19.9 Å². The standard InChI is InChI=1S/C12H16BrNO4S/c1-7(2)11(12(15)16)14-19(17,18)10-6-8(3)4-5-9(10)13/h4-7,11,14H,1-3H3,(H,15,16)/t11-/m0/s1. The molecule has 0 amide bonds. The van der Waals surface area contributed by atoms with Gasteiger partial charge in [0, 0.05) is 4.47 Å². The maximum atomic E-state index is 12.2. The summed E-state index contributed by atoms with van der Waals surface area (Å²) in [7, 11) is -3.88. The number of carboxylic acids is 1. The van der Waals surface area contributed by atoms with Crippen molar-refractivity contribution in [1.82, 2.24) is 4.72 Å². The first kappa shape index (κ1) is 16.1. The van der Waals surface area contributed by atoms with Crippen LogP contribution in [0, 0.1) is 12.8 Å². The summed E-state index contributed by atoms with van der Waals surface area (Å²) < 4.78 is 27.1. The molecule has 0 aliphatic carbocycles. The molecule has 106 valence electrons. The second-order valence-corrected chi connectivity index (χ2v) is 7.15. The highest BCUT2D eigenvalue weighted by molar-refractivity contribution is 9.10. The molecule has 2 N–H and O–H groups in total. The molecule has 0 bridgehead atoms. The van der Waals surface area contributed by atoms with Crippen LogP contribution in [0.4, 0.5) is 0 Å². The number of carboxylic acid groups (broad SMARTS) is 1. The van der Waals surface area contributed by atoms with Gasteiger partial charge in [-0.2, -0.15) is 4.72 Å². The van der Waals surface area contributed by atoms with E-state index in [2.05, 4.69) is 20.7 Å². The van der Waals surface area contributed by atoms with E-state index in [0.29, 0.717) is 4.47 Å². The summed E-state index contributed by atoms with van der Waals surface area (Å²) in [5.41, 5.74) is 0.778. The maximum absolute atomic E-state index is 12.2. The van der Waals surface area contributed by atoms with Crippen molar-refractivity contribution in [1.29, 1.82) is 0 Å². The first-order valence-corrected chi connectivity index (χ1v) is 7.94.